The largest absolute Gasteiger partial charge is 0.362 e. The van der Waals surface area contributed by atoms with Gasteiger partial charge in [-0.25, -0.2) is 0 Å². The van der Waals surface area contributed by atoms with E-state index >= 15 is 0 Å². The van der Waals surface area contributed by atoms with Crippen LogP contribution in [-0.4, -0.2) is 29.9 Å². The Morgan fingerprint density at radius 3 is 3.14 bits per heavy atom. The van der Waals surface area contributed by atoms with Crippen LogP contribution in [0.5, 0.6) is 0 Å². The molecule has 1 N–H and O–H groups in total. The zero-order valence-electron chi connectivity index (χ0n) is 8.33. The Morgan fingerprint density at radius 2 is 2.21 bits per heavy atom. The van der Waals surface area contributed by atoms with Crippen molar-refractivity contribution in [1.29, 1.82) is 0 Å². The van der Waals surface area contributed by atoms with Gasteiger partial charge in [0.25, 0.3) is 5.91 Å². The predicted octanol–water partition coefficient (Wildman–Crippen LogP) is 0.874. The van der Waals surface area contributed by atoms with Gasteiger partial charge in [-0.1, -0.05) is 18.9 Å². The van der Waals surface area contributed by atoms with Gasteiger partial charge in [0.1, 0.15) is 0 Å². The summed E-state index contributed by atoms with van der Waals surface area (Å²) in [4.78, 5) is 13.9. The first kappa shape index (κ1) is 8.33. The average Bonchev–Trinajstić information content (AvgIpc) is 2.59. The van der Waals surface area contributed by atoms with Crippen LogP contribution in [0.15, 0.2) is 11.8 Å². The summed E-state index contributed by atoms with van der Waals surface area (Å²) in [6.07, 6.45) is 7.43. The van der Waals surface area contributed by atoms with Crippen LogP contribution in [0.1, 0.15) is 25.7 Å². The smallest absolute Gasteiger partial charge is 0.267 e. The molecule has 2 heterocycles. The van der Waals surface area contributed by atoms with E-state index in [1.807, 2.05) is 0 Å². The fourth-order valence-corrected chi connectivity index (χ4v) is 3.07. The van der Waals surface area contributed by atoms with Gasteiger partial charge in [-0.05, 0) is 18.8 Å². The second kappa shape index (κ2) is 3.01. The first-order chi connectivity index (χ1) is 6.86. The monoisotopic (exact) mass is 192 g/mol. The van der Waals surface area contributed by atoms with Gasteiger partial charge >= 0.3 is 0 Å². The highest BCUT2D eigenvalue weighted by Crippen LogP contribution is 2.37. The molecule has 3 heteroatoms. The van der Waals surface area contributed by atoms with Crippen molar-refractivity contribution >= 4 is 5.91 Å². The minimum atomic E-state index is 0.144. The molecule has 2 atom stereocenters. The lowest BCUT2D eigenvalue weighted by Gasteiger charge is -2.36. The van der Waals surface area contributed by atoms with E-state index in [-0.39, 0.29) is 5.91 Å². The molecule has 0 aromatic carbocycles. The second-order valence-corrected chi connectivity index (χ2v) is 4.52. The normalized spacial score (nSPS) is 35.9. The number of carbonyl (C=O) groups excluding carboxylic acids is 1. The lowest BCUT2D eigenvalue weighted by Crippen LogP contribution is -2.48. The van der Waals surface area contributed by atoms with E-state index in [1.165, 1.54) is 25.7 Å². The first-order valence-electron chi connectivity index (χ1n) is 5.63. The molecule has 1 aliphatic carbocycles. The van der Waals surface area contributed by atoms with Crippen LogP contribution < -0.4 is 5.32 Å². The fraction of sp³-hybridized carbons (Fsp3) is 0.727. The summed E-state index contributed by atoms with van der Waals surface area (Å²) in [5.41, 5.74) is 0.952. The Hall–Kier alpha value is -0.990. The minimum absolute atomic E-state index is 0.144. The molecule has 2 unspecified atom stereocenters. The third kappa shape index (κ3) is 1.08. The summed E-state index contributed by atoms with van der Waals surface area (Å²) in [7, 11) is 0. The van der Waals surface area contributed by atoms with Crippen LogP contribution in [0.4, 0.5) is 0 Å². The van der Waals surface area contributed by atoms with Gasteiger partial charge in [-0.15, -0.1) is 0 Å². The summed E-state index contributed by atoms with van der Waals surface area (Å²) in [5.74, 6) is 0.799. The molecule has 0 aromatic heterocycles. The average molecular weight is 192 g/mol. The fourth-order valence-electron chi connectivity index (χ4n) is 3.07. The second-order valence-electron chi connectivity index (χ2n) is 4.52. The molecule has 2 fully saturated rings. The van der Waals surface area contributed by atoms with E-state index in [0.29, 0.717) is 12.0 Å². The Morgan fingerprint density at radius 1 is 1.36 bits per heavy atom. The summed E-state index contributed by atoms with van der Waals surface area (Å²) in [6, 6.07) is 0.643. The van der Waals surface area contributed by atoms with Crippen molar-refractivity contribution < 1.29 is 4.79 Å². The molecule has 1 saturated heterocycles. The van der Waals surface area contributed by atoms with Gasteiger partial charge in [0.2, 0.25) is 0 Å². The van der Waals surface area contributed by atoms with Gasteiger partial charge in [0, 0.05) is 19.1 Å². The lowest BCUT2D eigenvalue weighted by atomic mass is 9.86. The Balaban J connectivity index is 1.89. The maximum Gasteiger partial charge on any atom is 0.267 e. The van der Waals surface area contributed by atoms with Crippen molar-refractivity contribution in [1.82, 2.24) is 10.2 Å². The maximum absolute atomic E-state index is 11.6. The third-order valence-corrected chi connectivity index (χ3v) is 3.73. The zero-order chi connectivity index (χ0) is 9.54. The minimum Gasteiger partial charge on any atom is -0.362 e. The summed E-state index contributed by atoms with van der Waals surface area (Å²) in [5, 5.41) is 2.91. The Bertz CT molecular complexity index is 298. The molecule has 2 aliphatic heterocycles. The number of carbonyl (C=O) groups is 1. The predicted molar refractivity (Wildman–Crippen MR) is 53.5 cm³/mol. The van der Waals surface area contributed by atoms with Crippen molar-refractivity contribution in [3.05, 3.63) is 11.8 Å². The number of fused-ring (bicyclic) bond motifs is 3. The molecular formula is C11H16N2O. The van der Waals surface area contributed by atoms with Crippen LogP contribution in [-0.2, 0) is 4.79 Å². The maximum atomic E-state index is 11.6. The summed E-state index contributed by atoms with van der Waals surface area (Å²) >= 11 is 0. The number of amides is 1. The van der Waals surface area contributed by atoms with E-state index in [2.05, 4.69) is 16.3 Å². The molecule has 0 spiro atoms. The number of rotatable bonds is 0. The molecule has 76 valence electrons. The van der Waals surface area contributed by atoms with Gasteiger partial charge in [-0.2, -0.15) is 0 Å². The molecule has 3 nitrogen and oxygen atoms in total. The van der Waals surface area contributed by atoms with E-state index in [4.69, 9.17) is 0 Å². The van der Waals surface area contributed by atoms with E-state index in [0.717, 1.165) is 18.8 Å². The molecule has 0 bridgehead atoms. The molecule has 1 amide bonds. The number of hydrogen-bond donors (Lipinski definition) is 1. The number of hydrogen-bond acceptors (Lipinski definition) is 2. The summed E-state index contributed by atoms with van der Waals surface area (Å²) in [6.45, 7) is 1.83. The Labute approximate surface area is 84.2 Å². The van der Waals surface area contributed by atoms with Crippen LogP contribution in [0.25, 0.3) is 0 Å². The summed E-state index contributed by atoms with van der Waals surface area (Å²) < 4.78 is 0. The van der Waals surface area contributed by atoms with Crippen molar-refractivity contribution in [2.45, 2.75) is 31.7 Å². The molecule has 3 aliphatic rings. The quantitative estimate of drug-likeness (QED) is 0.618. The highest BCUT2D eigenvalue weighted by molar-refractivity contribution is 5.94. The van der Waals surface area contributed by atoms with E-state index in [1.54, 1.807) is 0 Å². The standard InChI is InChI=1S/C11H16N2O/c14-11-10-7-8-3-1-2-4-9(8)13(10)6-5-12-11/h7-9H,1-6H2,(H,12,14). The highest BCUT2D eigenvalue weighted by atomic mass is 16.2. The van der Waals surface area contributed by atoms with Gasteiger partial charge in [0.05, 0.1) is 5.70 Å². The molecule has 1 saturated carbocycles. The molecule has 0 radical (unpaired) electrons. The lowest BCUT2D eigenvalue weighted by molar-refractivity contribution is -0.120. The van der Waals surface area contributed by atoms with Crippen molar-refractivity contribution in [3.8, 4) is 0 Å². The topological polar surface area (TPSA) is 32.3 Å². The first-order valence-corrected chi connectivity index (χ1v) is 5.63. The van der Waals surface area contributed by atoms with Crippen LogP contribution >= 0.6 is 0 Å². The molecular weight excluding hydrogens is 176 g/mol. The number of nitrogens with zero attached hydrogens (tertiary/aromatic N) is 1. The van der Waals surface area contributed by atoms with Crippen LogP contribution in [0, 0.1) is 5.92 Å². The van der Waals surface area contributed by atoms with Crippen molar-refractivity contribution in [2.24, 2.45) is 5.92 Å². The van der Waals surface area contributed by atoms with Crippen molar-refractivity contribution in [3.63, 3.8) is 0 Å². The molecule has 3 rings (SSSR count). The molecule has 14 heavy (non-hydrogen) atoms. The van der Waals surface area contributed by atoms with Crippen LogP contribution in [0.3, 0.4) is 0 Å². The van der Waals surface area contributed by atoms with E-state index < -0.39 is 0 Å². The molecule has 0 aromatic rings. The van der Waals surface area contributed by atoms with Gasteiger partial charge < -0.3 is 10.2 Å². The highest BCUT2D eigenvalue weighted by Gasteiger charge is 2.39. The van der Waals surface area contributed by atoms with Crippen molar-refractivity contribution in [2.75, 3.05) is 13.1 Å². The van der Waals surface area contributed by atoms with Crippen LogP contribution in [0.2, 0.25) is 0 Å². The number of piperazine rings is 1. The van der Waals surface area contributed by atoms with E-state index in [9.17, 15) is 4.79 Å². The number of nitrogens with one attached hydrogen (secondary N) is 1. The van der Waals surface area contributed by atoms with Gasteiger partial charge in [-0.3, -0.25) is 4.79 Å². The Kier molecular flexibility index (Phi) is 1.79. The van der Waals surface area contributed by atoms with Gasteiger partial charge in [0.15, 0.2) is 0 Å². The third-order valence-electron chi connectivity index (χ3n) is 3.73. The SMILES string of the molecule is O=C1NCCN2C1=CC1CCCCC12. The zero-order valence-corrected chi connectivity index (χ0v) is 8.33.